The number of carbonyl (C=O) groups is 1. The Morgan fingerprint density at radius 3 is 2.61 bits per heavy atom. The second-order valence-electron chi connectivity index (χ2n) is 5.37. The van der Waals surface area contributed by atoms with Crippen LogP contribution < -0.4 is 16.0 Å². The number of hydrogen-bond donors (Lipinski definition) is 2. The molecule has 23 heavy (non-hydrogen) atoms. The van der Waals surface area contributed by atoms with Gasteiger partial charge in [-0.1, -0.05) is 0 Å². The normalized spacial score (nSPS) is 14.6. The Bertz CT molecular complexity index is 696. The van der Waals surface area contributed by atoms with Crippen molar-refractivity contribution in [3.63, 3.8) is 0 Å². The van der Waals surface area contributed by atoms with Crippen molar-refractivity contribution in [2.75, 3.05) is 36.5 Å². The maximum absolute atomic E-state index is 10.9. The van der Waals surface area contributed by atoms with Crippen LogP contribution in [0.1, 0.15) is 5.56 Å². The fraction of sp³-hybridized carbons (Fsp3) is 0.312. The molecule has 0 spiro atoms. The Kier molecular flexibility index (Phi) is 4.38. The molecular formula is C16H19N5O2. The Labute approximate surface area is 134 Å². The predicted molar refractivity (Wildman–Crippen MR) is 88.4 cm³/mol. The molecule has 2 heterocycles. The summed E-state index contributed by atoms with van der Waals surface area (Å²) >= 11 is 0. The molecule has 120 valence electrons. The molecule has 1 aromatic heterocycles. The number of morpholine rings is 1. The number of urea groups is 1. The first-order valence-corrected chi connectivity index (χ1v) is 7.47. The zero-order valence-electron chi connectivity index (χ0n) is 13.0. The lowest BCUT2D eigenvalue weighted by atomic mass is 10.2. The van der Waals surface area contributed by atoms with E-state index in [9.17, 15) is 4.79 Å². The van der Waals surface area contributed by atoms with E-state index in [0.717, 1.165) is 30.0 Å². The number of benzene rings is 1. The third-order valence-electron chi connectivity index (χ3n) is 3.67. The summed E-state index contributed by atoms with van der Waals surface area (Å²) in [6, 6.07) is 6.69. The van der Waals surface area contributed by atoms with Crippen LogP contribution >= 0.6 is 0 Å². The minimum atomic E-state index is -0.584. The van der Waals surface area contributed by atoms with Crippen molar-refractivity contribution >= 4 is 17.5 Å². The van der Waals surface area contributed by atoms with Gasteiger partial charge in [0.15, 0.2) is 5.82 Å². The van der Waals surface area contributed by atoms with E-state index in [4.69, 9.17) is 15.5 Å². The van der Waals surface area contributed by atoms with Gasteiger partial charge < -0.3 is 20.7 Å². The molecule has 3 rings (SSSR count). The molecule has 7 nitrogen and oxygen atoms in total. The first-order chi connectivity index (χ1) is 11.1. The first-order valence-electron chi connectivity index (χ1n) is 7.47. The molecule has 1 saturated heterocycles. The van der Waals surface area contributed by atoms with E-state index >= 15 is 0 Å². The van der Waals surface area contributed by atoms with Gasteiger partial charge in [-0.05, 0) is 31.2 Å². The molecule has 0 radical (unpaired) electrons. The molecule has 2 aromatic rings. The van der Waals surface area contributed by atoms with Crippen molar-refractivity contribution in [2.24, 2.45) is 5.73 Å². The number of anilines is 2. The third kappa shape index (κ3) is 3.57. The second kappa shape index (κ2) is 6.62. The van der Waals surface area contributed by atoms with E-state index in [1.807, 2.05) is 25.3 Å². The maximum atomic E-state index is 10.9. The number of aromatic nitrogens is 2. The fourth-order valence-corrected chi connectivity index (χ4v) is 2.51. The minimum Gasteiger partial charge on any atom is -0.378 e. The Balaban J connectivity index is 1.86. The highest BCUT2D eigenvalue weighted by molar-refractivity contribution is 5.88. The number of nitrogens with one attached hydrogen (secondary N) is 1. The smallest absolute Gasteiger partial charge is 0.316 e. The third-order valence-corrected chi connectivity index (χ3v) is 3.67. The summed E-state index contributed by atoms with van der Waals surface area (Å²) in [4.78, 5) is 22.2. The number of primary amides is 1. The van der Waals surface area contributed by atoms with Gasteiger partial charge in [-0.3, -0.25) is 0 Å². The van der Waals surface area contributed by atoms with Gasteiger partial charge in [-0.25, -0.2) is 14.8 Å². The van der Waals surface area contributed by atoms with Crippen LogP contribution in [-0.4, -0.2) is 42.3 Å². The molecule has 2 amide bonds. The van der Waals surface area contributed by atoms with Gasteiger partial charge in [0.25, 0.3) is 0 Å². The van der Waals surface area contributed by atoms with E-state index in [2.05, 4.69) is 15.2 Å². The first kappa shape index (κ1) is 15.2. The molecule has 7 heteroatoms. The number of nitrogens with zero attached hydrogens (tertiary/aromatic N) is 3. The molecule has 0 unspecified atom stereocenters. The number of ether oxygens (including phenoxy) is 1. The highest BCUT2D eigenvalue weighted by atomic mass is 16.5. The molecule has 0 saturated carbocycles. The van der Waals surface area contributed by atoms with Gasteiger partial charge in [-0.2, -0.15) is 0 Å². The molecular weight excluding hydrogens is 294 g/mol. The minimum absolute atomic E-state index is 0.584. The largest absolute Gasteiger partial charge is 0.378 e. The Morgan fingerprint density at radius 2 is 1.96 bits per heavy atom. The summed E-state index contributed by atoms with van der Waals surface area (Å²) in [7, 11) is 0. The summed E-state index contributed by atoms with van der Waals surface area (Å²) in [6.45, 7) is 5.10. The highest BCUT2D eigenvalue weighted by Gasteiger charge is 2.16. The molecule has 1 aromatic carbocycles. The second-order valence-corrected chi connectivity index (χ2v) is 5.37. The van der Waals surface area contributed by atoms with Crippen molar-refractivity contribution in [1.82, 2.24) is 9.97 Å². The molecule has 1 aliphatic heterocycles. The quantitative estimate of drug-likeness (QED) is 0.901. The van der Waals surface area contributed by atoms with E-state index in [1.165, 1.54) is 0 Å². The van der Waals surface area contributed by atoms with Crippen LogP contribution in [-0.2, 0) is 4.74 Å². The molecule has 1 fully saturated rings. The lowest BCUT2D eigenvalue weighted by Gasteiger charge is -2.29. The van der Waals surface area contributed by atoms with Crippen LogP contribution in [0, 0.1) is 6.92 Å². The topological polar surface area (TPSA) is 93.4 Å². The van der Waals surface area contributed by atoms with Crippen LogP contribution in [0.5, 0.6) is 0 Å². The number of rotatable bonds is 3. The molecule has 1 aliphatic rings. The maximum Gasteiger partial charge on any atom is 0.316 e. The van der Waals surface area contributed by atoms with Gasteiger partial charge in [0.2, 0.25) is 0 Å². The summed E-state index contributed by atoms with van der Waals surface area (Å²) in [5.41, 5.74) is 7.67. The van der Waals surface area contributed by atoms with Crippen LogP contribution in [0.3, 0.4) is 0 Å². The number of amides is 2. The van der Waals surface area contributed by atoms with Crippen molar-refractivity contribution in [3.05, 3.63) is 36.0 Å². The summed E-state index contributed by atoms with van der Waals surface area (Å²) < 4.78 is 5.39. The fourth-order valence-electron chi connectivity index (χ4n) is 2.51. The van der Waals surface area contributed by atoms with E-state index in [0.29, 0.717) is 24.7 Å². The van der Waals surface area contributed by atoms with Crippen LogP contribution in [0.25, 0.3) is 11.4 Å². The Morgan fingerprint density at radius 1 is 1.26 bits per heavy atom. The predicted octanol–water partition coefficient (Wildman–Crippen LogP) is 1.78. The number of hydrogen-bond acceptors (Lipinski definition) is 5. The van der Waals surface area contributed by atoms with Gasteiger partial charge in [0.05, 0.1) is 13.2 Å². The monoisotopic (exact) mass is 313 g/mol. The van der Waals surface area contributed by atoms with E-state index < -0.39 is 6.03 Å². The number of carbonyl (C=O) groups excluding carboxylic acids is 1. The van der Waals surface area contributed by atoms with E-state index in [-0.39, 0.29) is 0 Å². The summed E-state index contributed by atoms with van der Waals surface area (Å²) in [5.74, 6) is 1.60. The average molecular weight is 313 g/mol. The van der Waals surface area contributed by atoms with Crippen molar-refractivity contribution in [2.45, 2.75) is 6.92 Å². The highest BCUT2D eigenvalue weighted by Crippen LogP contribution is 2.23. The SMILES string of the molecule is Cc1cnc(-c2ccc(NC(N)=O)cc2)nc1N1CCOCC1. The molecule has 0 atom stereocenters. The van der Waals surface area contributed by atoms with Crippen LogP contribution in [0.15, 0.2) is 30.5 Å². The van der Waals surface area contributed by atoms with E-state index in [1.54, 1.807) is 12.1 Å². The van der Waals surface area contributed by atoms with Gasteiger partial charge in [0, 0.05) is 36.1 Å². The molecule has 3 N–H and O–H groups in total. The van der Waals surface area contributed by atoms with Gasteiger partial charge >= 0.3 is 6.03 Å². The summed E-state index contributed by atoms with van der Waals surface area (Å²) in [6.07, 6.45) is 1.84. The summed E-state index contributed by atoms with van der Waals surface area (Å²) in [5, 5.41) is 2.53. The zero-order valence-corrected chi connectivity index (χ0v) is 13.0. The van der Waals surface area contributed by atoms with Gasteiger partial charge in [-0.15, -0.1) is 0 Å². The van der Waals surface area contributed by atoms with Crippen molar-refractivity contribution < 1.29 is 9.53 Å². The lowest BCUT2D eigenvalue weighted by molar-refractivity contribution is 0.122. The average Bonchev–Trinajstić information content (AvgIpc) is 2.56. The Hall–Kier alpha value is -2.67. The van der Waals surface area contributed by atoms with Crippen molar-refractivity contribution in [1.29, 1.82) is 0 Å². The number of aryl methyl sites for hydroxylation is 1. The number of nitrogens with two attached hydrogens (primary N) is 1. The van der Waals surface area contributed by atoms with Crippen molar-refractivity contribution in [3.8, 4) is 11.4 Å². The zero-order chi connectivity index (χ0) is 16.2. The molecule has 0 aliphatic carbocycles. The van der Waals surface area contributed by atoms with Crippen LogP contribution in [0.4, 0.5) is 16.3 Å². The lowest BCUT2D eigenvalue weighted by Crippen LogP contribution is -2.37. The molecule has 0 bridgehead atoms. The standard InChI is InChI=1S/C16H19N5O2/c1-11-10-18-14(20-15(11)21-6-8-23-9-7-21)12-2-4-13(5-3-12)19-16(17)22/h2-5,10H,6-9H2,1H3,(H3,17,19,22). The van der Waals surface area contributed by atoms with Crippen LogP contribution in [0.2, 0.25) is 0 Å². The van der Waals surface area contributed by atoms with Gasteiger partial charge in [0.1, 0.15) is 5.82 Å².